The van der Waals surface area contributed by atoms with Crippen molar-refractivity contribution in [3.05, 3.63) is 35.2 Å². The molecule has 1 aliphatic heterocycles. The molecule has 5 nitrogen and oxygen atoms in total. The van der Waals surface area contributed by atoms with E-state index in [1.54, 1.807) is 0 Å². The molecule has 1 aromatic rings. The summed E-state index contributed by atoms with van der Waals surface area (Å²) in [6, 6.07) is 1.56. The Balaban J connectivity index is 2.52. The highest BCUT2D eigenvalue weighted by Gasteiger charge is 2.39. The molecule has 0 bridgehead atoms. The second kappa shape index (κ2) is 5.09. The van der Waals surface area contributed by atoms with Crippen LogP contribution in [0.15, 0.2) is 18.2 Å². The minimum atomic E-state index is -4.75. The van der Waals surface area contributed by atoms with E-state index in [0.717, 1.165) is 17.0 Å². The molecule has 8 heteroatoms. The Hall–Kier alpha value is -2.56. The molecular weight excluding hydrogens is 289 g/mol. The molecule has 110 valence electrons. The average Bonchev–Trinajstić information content (AvgIpc) is 2.79. The third-order valence-corrected chi connectivity index (χ3v) is 3.18. The van der Waals surface area contributed by atoms with E-state index in [1.165, 1.54) is 0 Å². The summed E-state index contributed by atoms with van der Waals surface area (Å²) in [5.41, 5.74) is -1.94. The van der Waals surface area contributed by atoms with Gasteiger partial charge < -0.3 is 5.11 Å². The molecule has 1 aromatic carbocycles. The van der Waals surface area contributed by atoms with Gasteiger partial charge >= 0.3 is 12.1 Å². The van der Waals surface area contributed by atoms with Gasteiger partial charge in [-0.15, -0.1) is 0 Å². The van der Waals surface area contributed by atoms with Crippen molar-refractivity contribution in [1.82, 2.24) is 0 Å². The Labute approximate surface area is 117 Å². The fourth-order valence-electron chi connectivity index (χ4n) is 2.24. The highest BCUT2D eigenvalue weighted by Crippen LogP contribution is 2.40. The van der Waals surface area contributed by atoms with Gasteiger partial charge in [0.25, 0.3) is 0 Å². The van der Waals surface area contributed by atoms with Gasteiger partial charge in [0.2, 0.25) is 5.91 Å². The maximum absolute atomic E-state index is 12.9. The van der Waals surface area contributed by atoms with Gasteiger partial charge in [0.1, 0.15) is 6.04 Å². The fourth-order valence-corrected chi connectivity index (χ4v) is 2.24. The van der Waals surface area contributed by atoms with E-state index < -0.39 is 35.3 Å². The number of carboxylic acids is 1. The highest BCUT2D eigenvalue weighted by molar-refractivity contribution is 6.02. The largest absolute Gasteiger partial charge is 0.480 e. The predicted molar refractivity (Wildman–Crippen MR) is 65.8 cm³/mol. The van der Waals surface area contributed by atoms with Gasteiger partial charge in [0.15, 0.2) is 5.69 Å². The van der Waals surface area contributed by atoms with Crippen LogP contribution in [0, 0.1) is 6.57 Å². The van der Waals surface area contributed by atoms with Crippen molar-refractivity contribution in [3.8, 4) is 0 Å². The minimum absolute atomic E-state index is 0.0388. The number of carbonyl (C=O) groups is 2. The molecule has 0 saturated carbocycles. The number of alkyl halides is 3. The number of halogens is 3. The number of benzene rings is 1. The molecule has 0 unspecified atom stereocenters. The van der Waals surface area contributed by atoms with Crippen molar-refractivity contribution >= 4 is 23.3 Å². The summed E-state index contributed by atoms with van der Waals surface area (Å²) < 4.78 is 38.7. The van der Waals surface area contributed by atoms with Crippen molar-refractivity contribution in [2.75, 3.05) is 4.90 Å². The lowest BCUT2D eigenvalue weighted by Crippen LogP contribution is -2.38. The Morgan fingerprint density at radius 1 is 1.43 bits per heavy atom. The Morgan fingerprint density at radius 2 is 2.10 bits per heavy atom. The van der Waals surface area contributed by atoms with Crippen molar-refractivity contribution in [1.29, 1.82) is 0 Å². The van der Waals surface area contributed by atoms with Crippen LogP contribution in [0.5, 0.6) is 0 Å². The second-order valence-electron chi connectivity index (χ2n) is 4.47. The topological polar surface area (TPSA) is 62.0 Å². The standard InChI is InChI=1S/C13H9F3N2O3/c1-17-9-3-2-7(6-8(9)13(14,15)16)18-10(12(20)21)4-5-11(18)19/h2-3,6,10H,4-5H2,(H,20,21)/t10-/m1/s1. The van der Waals surface area contributed by atoms with Crippen molar-refractivity contribution in [3.63, 3.8) is 0 Å². The molecule has 1 aliphatic rings. The molecule has 21 heavy (non-hydrogen) atoms. The number of amides is 1. The van der Waals surface area contributed by atoms with Crippen LogP contribution >= 0.6 is 0 Å². The van der Waals surface area contributed by atoms with Gasteiger partial charge in [-0.1, -0.05) is 6.07 Å². The smallest absolute Gasteiger partial charge is 0.407 e. The van der Waals surface area contributed by atoms with Crippen LogP contribution in [0.2, 0.25) is 0 Å². The van der Waals surface area contributed by atoms with Crippen molar-refractivity contribution < 1.29 is 27.9 Å². The number of carbonyl (C=O) groups excluding carboxylic acids is 1. The zero-order valence-electron chi connectivity index (χ0n) is 10.5. The molecule has 0 aromatic heterocycles. The molecule has 1 atom stereocenters. The van der Waals surface area contributed by atoms with Crippen molar-refractivity contribution in [2.24, 2.45) is 0 Å². The average molecular weight is 298 g/mol. The summed E-state index contributed by atoms with van der Waals surface area (Å²) in [5.74, 6) is -1.82. The molecule has 1 saturated heterocycles. The minimum Gasteiger partial charge on any atom is -0.480 e. The summed E-state index contributed by atoms with van der Waals surface area (Å²) >= 11 is 0. The van der Waals surface area contributed by atoms with E-state index in [1.807, 2.05) is 0 Å². The number of hydrogen-bond donors (Lipinski definition) is 1. The summed E-state index contributed by atoms with van der Waals surface area (Å²) in [7, 11) is 0. The van der Waals surface area contributed by atoms with Crippen LogP contribution < -0.4 is 4.90 Å². The molecule has 0 aliphatic carbocycles. The molecule has 2 rings (SSSR count). The first kappa shape index (κ1) is 14.8. The number of carboxylic acid groups (broad SMARTS) is 1. The first-order valence-corrected chi connectivity index (χ1v) is 5.89. The molecule has 0 radical (unpaired) electrons. The molecule has 1 amide bonds. The zero-order chi connectivity index (χ0) is 15.8. The van der Waals surface area contributed by atoms with Gasteiger partial charge in [-0.25, -0.2) is 9.64 Å². The van der Waals surface area contributed by atoms with Gasteiger partial charge in [-0.3, -0.25) is 9.69 Å². The van der Waals surface area contributed by atoms with Crippen LogP contribution in [0.1, 0.15) is 18.4 Å². The van der Waals surface area contributed by atoms with Crippen LogP contribution in [0.3, 0.4) is 0 Å². The SMILES string of the molecule is [C-]#[N+]c1ccc(N2C(=O)CC[C@@H]2C(=O)O)cc1C(F)(F)F. The molecule has 1 N–H and O–H groups in total. The molecule has 1 fully saturated rings. The maximum atomic E-state index is 12.9. The quantitative estimate of drug-likeness (QED) is 0.854. The van der Waals surface area contributed by atoms with E-state index in [9.17, 15) is 22.8 Å². The Bertz CT molecular complexity index is 649. The van der Waals surface area contributed by atoms with Gasteiger partial charge in [-0.2, -0.15) is 13.2 Å². The van der Waals surface area contributed by atoms with Crippen LogP contribution in [0.4, 0.5) is 24.5 Å². The number of anilines is 1. The molecule has 1 heterocycles. The summed E-state index contributed by atoms with van der Waals surface area (Å²) in [6.45, 7) is 6.74. The number of hydrogen-bond acceptors (Lipinski definition) is 2. The fraction of sp³-hybridized carbons (Fsp3) is 0.308. The highest BCUT2D eigenvalue weighted by atomic mass is 19.4. The van der Waals surface area contributed by atoms with Crippen molar-refractivity contribution in [2.45, 2.75) is 25.1 Å². The number of aliphatic carboxylic acids is 1. The van der Waals surface area contributed by atoms with E-state index in [0.29, 0.717) is 6.07 Å². The monoisotopic (exact) mass is 298 g/mol. The first-order chi connectivity index (χ1) is 9.75. The van der Waals surface area contributed by atoms with Crippen LogP contribution in [-0.2, 0) is 15.8 Å². The lowest BCUT2D eigenvalue weighted by Gasteiger charge is -2.23. The first-order valence-electron chi connectivity index (χ1n) is 5.89. The second-order valence-corrected chi connectivity index (χ2v) is 4.47. The lowest BCUT2D eigenvalue weighted by molar-refractivity contribution is -0.138. The number of rotatable bonds is 2. The zero-order valence-corrected chi connectivity index (χ0v) is 10.5. The lowest BCUT2D eigenvalue weighted by atomic mass is 10.1. The van der Waals surface area contributed by atoms with E-state index in [2.05, 4.69) is 4.85 Å². The van der Waals surface area contributed by atoms with Gasteiger partial charge in [0, 0.05) is 12.1 Å². The maximum Gasteiger partial charge on any atom is 0.407 e. The van der Waals surface area contributed by atoms with Gasteiger partial charge in [-0.05, 0) is 18.6 Å². The van der Waals surface area contributed by atoms with E-state index in [4.69, 9.17) is 11.7 Å². The molecule has 0 spiro atoms. The van der Waals surface area contributed by atoms with E-state index >= 15 is 0 Å². The third-order valence-electron chi connectivity index (χ3n) is 3.18. The van der Waals surface area contributed by atoms with E-state index in [-0.39, 0.29) is 18.5 Å². The van der Waals surface area contributed by atoms with Gasteiger partial charge in [0.05, 0.1) is 12.1 Å². The van der Waals surface area contributed by atoms with Crippen LogP contribution in [0.25, 0.3) is 4.85 Å². The Morgan fingerprint density at radius 3 is 2.62 bits per heavy atom. The normalized spacial score (nSPS) is 18.7. The third kappa shape index (κ3) is 2.67. The number of nitrogens with zero attached hydrogens (tertiary/aromatic N) is 2. The summed E-state index contributed by atoms with van der Waals surface area (Å²) in [5, 5.41) is 9.03. The molecular formula is C13H9F3N2O3. The summed E-state index contributed by atoms with van der Waals surface area (Å²) in [4.78, 5) is 26.4. The van der Waals surface area contributed by atoms with Crippen LogP contribution in [-0.4, -0.2) is 23.0 Å². The predicted octanol–water partition coefficient (Wildman–Crippen LogP) is 2.84. The Kier molecular flexibility index (Phi) is 3.60. The summed E-state index contributed by atoms with van der Waals surface area (Å²) in [6.07, 6.45) is -4.75.